The van der Waals surface area contributed by atoms with E-state index < -0.39 is 10.5 Å². The molecule has 0 radical (unpaired) electrons. The van der Waals surface area contributed by atoms with Gasteiger partial charge in [0.1, 0.15) is 19.8 Å². The molecule has 0 rings (SSSR count). The van der Waals surface area contributed by atoms with E-state index in [2.05, 4.69) is 0 Å². The first-order chi connectivity index (χ1) is 6.13. The highest BCUT2D eigenvalue weighted by Gasteiger charge is 2.43. The molecule has 0 aliphatic rings. The van der Waals surface area contributed by atoms with Crippen molar-refractivity contribution >= 4 is 0 Å². The number of hydrogen-bond donors (Lipinski definition) is 0. The number of nitro groups is 1. The SMILES string of the molecule is COCC(COC)(COC)[N+](=O)[O-]. The van der Waals surface area contributed by atoms with E-state index in [0.29, 0.717) is 0 Å². The van der Waals surface area contributed by atoms with E-state index in [1.54, 1.807) is 0 Å². The van der Waals surface area contributed by atoms with Crippen molar-refractivity contribution in [2.75, 3.05) is 41.2 Å². The quantitative estimate of drug-likeness (QED) is 0.418. The Kier molecular flexibility index (Phi) is 5.52. The molecule has 0 heterocycles. The molecule has 0 aliphatic heterocycles. The molecule has 0 fully saturated rings. The topological polar surface area (TPSA) is 70.8 Å². The van der Waals surface area contributed by atoms with Gasteiger partial charge in [-0.25, -0.2) is 0 Å². The van der Waals surface area contributed by atoms with Gasteiger partial charge in [0.25, 0.3) is 5.54 Å². The number of rotatable bonds is 7. The Bertz CT molecular complexity index is 144. The van der Waals surface area contributed by atoms with E-state index in [1.807, 2.05) is 0 Å². The fourth-order valence-electron chi connectivity index (χ4n) is 1.09. The van der Waals surface area contributed by atoms with E-state index in [1.165, 1.54) is 21.3 Å². The van der Waals surface area contributed by atoms with Gasteiger partial charge in [-0.1, -0.05) is 0 Å². The summed E-state index contributed by atoms with van der Waals surface area (Å²) in [4.78, 5) is 10.3. The fourth-order valence-corrected chi connectivity index (χ4v) is 1.09. The molecular weight excluding hydrogens is 178 g/mol. The van der Waals surface area contributed by atoms with Crippen molar-refractivity contribution < 1.29 is 19.1 Å². The Labute approximate surface area is 76.9 Å². The van der Waals surface area contributed by atoms with E-state index in [9.17, 15) is 10.1 Å². The molecule has 0 aromatic heterocycles. The fraction of sp³-hybridized carbons (Fsp3) is 1.00. The maximum atomic E-state index is 10.8. The summed E-state index contributed by atoms with van der Waals surface area (Å²) >= 11 is 0. The first kappa shape index (κ1) is 12.3. The molecule has 0 amide bonds. The summed E-state index contributed by atoms with van der Waals surface area (Å²) in [6.07, 6.45) is 0. The van der Waals surface area contributed by atoms with Crippen LogP contribution in [0.25, 0.3) is 0 Å². The largest absolute Gasteiger partial charge is 0.377 e. The molecule has 0 spiro atoms. The zero-order chi connectivity index (χ0) is 10.3. The van der Waals surface area contributed by atoms with Crippen LogP contribution in [-0.2, 0) is 14.2 Å². The van der Waals surface area contributed by atoms with Crippen LogP contribution in [0.5, 0.6) is 0 Å². The minimum atomic E-state index is -1.29. The third kappa shape index (κ3) is 3.25. The lowest BCUT2D eigenvalue weighted by Gasteiger charge is -2.22. The van der Waals surface area contributed by atoms with Crippen LogP contribution in [0.1, 0.15) is 0 Å². The van der Waals surface area contributed by atoms with Crippen molar-refractivity contribution in [3.63, 3.8) is 0 Å². The summed E-state index contributed by atoms with van der Waals surface area (Å²) < 4.78 is 14.3. The second kappa shape index (κ2) is 5.85. The zero-order valence-corrected chi connectivity index (χ0v) is 8.11. The van der Waals surface area contributed by atoms with E-state index in [0.717, 1.165) is 0 Å². The summed E-state index contributed by atoms with van der Waals surface area (Å²) in [5, 5.41) is 10.8. The van der Waals surface area contributed by atoms with Crippen molar-refractivity contribution in [2.45, 2.75) is 5.54 Å². The van der Waals surface area contributed by atoms with Crippen LogP contribution in [0.4, 0.5) is 0 Å². The van der Waals surface area contributed by atoms with Crippen molar-refractivity contribution in [3.05, 3.63) is 10.1 Å². The van der Waals surface area contributed by atoms with Crippen molar-refractivity contribution in [1.82, 2.24) is 0 Å². The normalized spacial score (nSPS) is 11.6. The Hall–Kier alpha value is -0.720. The third-order valence-corrected chi connectivity index (χ3v) is 1.63. The first-order valence-electron chi connectivity index (χ1n) is 3.74. The van der Waals surface area contributed by atoms with Crippen molar-refractivity contribution in [2.24, 2.45) is 0 Å². The van der Waals surface area contributed by atoms with Crippen LogP contribution in [0.2, 0.25) is 0 Å². The minimum absolute atomic E-state index is 0.0261. The molecule has 78 valence electrons. The van der Waals surface area contributed by atoms with Crippen LogP contribution in [-0.4, -0.2) is 51.6 Å². The maximum Gasteiger partial charge on any atom is 0.290 e. The van der Waals surface area contributed by atoms with Gasteiger partial charge in [0.2, 0.25) is 0 Å². The van der Waals surface area contributed by atoms with Crippen molar-refractivity contribution in [3.8, 4) is 0 Å². The standard InChI is InChI=1S/C7H15NO5/c1-11-4-7(5-12-2,6-13-3)8(9)10/h4-6H2,1-3H3. The predicted molar refractivity (Wildman–Crippen MR) is 45.4 cm³/mol. The van der Waals surface area contributed by atoms with Gasteiger partial charge in [0.15, 0.2) is 0 Å². The summed E-state index contributed by atoms with van der Waals surface area (Å²) in [6, 6.07) is 0. The van der Waals surface area contributed by atoms with E-state index >= 15 is 0 Å². The molecule has 0 N–H and O–H groups in total. The number of methoxy groups -OCH3 is 3. The van der Waals surface area contributed by atoms with Gasteiger partial charge in [-0.05, 0) is 0 Å². The molecule has 6 nitrogen and oxygen atoms in total. The molecule has 0 saturated heterocycles. The van der Waals surface area contributed by atoms with Crippen LogP contribution in [0, 0.1) is 10.1 Å². The zero-order valence-electron chi connectivity index (χ0n) is 8.11. The van der Waals surface area contributed by atoms with Gasteiger partial charge in [-0.3, -0.25) is 10.1 Å². The summed E-state index contributed by atoms with van der Waals surface area (Å²) in [7, 11) is 4.22. The van der Waals surface area contributed by atoms with Crippen molar-refractivity contribution in [1.29, 1.82) is 0 Å². The van der Waals surface area contributed by atoms with Gasteiger partial charge in [-0.15, -0.1) is 0 Å². The van der Waals surface area contributed by atoms with Gasteiger partial charge in [-0.2, -0.15) is 0 Å². The highest BCUT2D eigenvalue weighted by molar-refractivity contribution is 4.78. The molecule has 0 aliphatic carbocycles. The van der Waals surface area contributed by atoms with Crippen LogP contribution in [0.15, 0.2) is 0 Å². The first-order valence-corrected chi connectivity index (χ1v) is 3.74. The van der Waals surface area contributed by atoms with Gasteiger partial charge in [0.05, 0.1) is 0 Å². The lowest BCUT2D eigenvalue weighted by molar-refractivity contribution is -0.581. The Morgan fingerprint density at radius 3 is 1.54 bits per heavy atom. The molecule has 0 bridgehead atoms. The maximum absolute atomic E-state index is 10.8. The molecule has 6 heteroatoms. The Morgan fingerprint density at radius 1 is 1.08 bits per heavy atom. The number of hydrogen-bond acceptors (Lipinski definition) is 5. The third-order valence-electron chi connectivity index (χ3n) is 1.63. The predicted octanol–water partition coefficient (Wildman–Crippen LogP) is -0.0589. The highest BCUT2D eigenvalue weighted by Crippen LogP contribution is 2.11. The van der Waals surface area contributed by atoms with Gasteiger partial charge in [0, 0.05) is 26.3 Å². The van der Waals surface area contributed by atoms with Crippen LogP contribution in [0.3, 0.4) is 0 Å². The molecule has 0 aromatic carbocycles. The molecule has 0 saturated carbocycles. The second-order valence-corrected chi connectivity index (χ2v) is 2.78. The highest BCUT2D eigenvalue weighted by atomic mass is 16.6. The molecule has 0 aromatic rings. The lowest BCUT2D eigenvalue weighted by Crippen LogP contribution is -2.50. The molecule has 13 heavy (non-hydrogen) atoms. The van der Waals surface area contributed by atoms with E-state index in [-0.39, 0.29) is 19.8 Å². The minimum Gasteiger partial charge on any atom is -0.377 e. The molecular formula is C7H15NO5. The smallest absolute Gasteiger partial charge is 0.290 e. The summed E-state index contributed by atoms with van der Waals surface area (Å²) in [6.45, 7) is -0.0783. The second-order valence-electron chi connectivity index (χ2n) is 2.78. The van der Waals surface area contributed by atoms with Crippen LogP contribution >= 0.6 is 0 Å². The van der Waals surface area contributed by atoms with E-state index in [4.69, 9.17) is 14.2 Å². The average Bonchev–Trinajstić information content (AvgIpc) is 2.05. The monoisotopic (exact) mass is 193 g/mol. The summed E-state index contributed by atoms with van der Waals surface area (Å²) in [5.41, 5.74) is -1.29. The summed E-state index contributed by atoms with van der Waals surface area (Å²) in [5.74, 6) is 0. The molecule has 0 unspecified atom stereocenters. The Balaban J connectivity index is 4.48. The number of nitrogens with zero attached hydrogens (tertiary/aromatic N) is 1. The molecule has 0 atom stereocenters. The Morgan fingerprint density at radius 2 is 1.38 bits per heavy atom. The number of ether oxygens (including phenoxy) is 3. The average molecular weight is 193 g/mol. The van der Waals surface area contributed by atoms with Crippen LogP contribution < -0.4 is 0 Å². The van der Waals surface area contributed by atoms with Gasteiger partial charge >= 0.3 is 0 Å². The lowest BCUT2D eigenvalue weighted by atomic mass is 10.1. The van der Waals surface area contributed by atoms with Gasteiger partial charge < -0.3 is 14.2 Å².